The average Bonchev–Trinajstić information content (AvgIpc) is 2.79. The lowest BCUT2D eigenvalue weighted by molar-refractivity contribution is -0.384. The van der Waals surface area contributed by atoms with E-state index in [9.17, 15) is 19.7 Å². The van der Waals surface area contributed by atoms with Crippen LogP contribution in [0.25, 0.3) is 6.08 Å². The molecule has 0 bridgehead atoms. The van der Waals surface area contributed by atoms with Crippen LogP contribution in [-0.2, 0) is 9.59 Å². The number of hydrogen-bond acceptors (Lipinski definition) is 5. The number of anilines is 2. The van der Waals surface area contributed by atoms with E-state index in [-0.39, 0.29) is 22.5 Å². The second-order valence-corrected chi connectivity index (χ2v) is 7.86. The molecule has 32 heavy (non-hydrogen) atoms. The molecule has 0 spiro atoms. The van der Waals surface area contributed by atoms with Gasteiger partial charge in [0, 0.05) is 56.1 Å². The third-order valence-corrected chi connectivity index (χ3v) is 5.51. The average molecular weight is 457 g/mol. The van der Waals surface area contributed by atoms with Gasteiger partial charge in [-0.2, -0.15) is 0 Å². The summed E-state index contributed by atoms with van der Waals surface area (Å²) in [5.74, 6) is -0.134. The first-order valence-electron chi connectivity index (χ1n) is 10.4. The minimum Gasteiger partial charge on any atom is -0.368 e. The van der Waals surface area contributed by atoms with Crippen LogP contribution in [0, 0.1) is 10.1 Å². The van der Waals surface area contributed by atoms with Gasteiger partial charge in [0.1, 0.15) is 5.02 Å². The first-order chi connectivity index (χ1) is 15.4. The van der Waals surface area contributed by atoms with Gasteiger partial charge in [-0.3, -0.25) is 19.7 Å². The molecule has 1 heterocycles. The van der Waals surface area contributed by atoms with Crippen molar-refractivity contribution in [2.75, 3.05) is 36.4 Å². The van der Waals surface area contributed by atoms with E-state index in [4.69, 9.17) is 11.6 Å². The minimum absolute atomic E-state index is 0.0469. The zero-order chi connectivity index (χ0) is 23.1. The Kier molecular flexibility index (Phi) is 7.83. The summed E-state index contributed by atoms with van der Waals surface area (Å²) in [4.78, 5) is 38.8. The number of nitrogens with zero attached hydrogens (tertiary/aromatic N) is 3. The fourth-order valence-corrected chi connectivity index (χ4v) is 3.66. The summed E-state index contributed by atoms with van der Waals surface area (Å²) in [5, 5.41) is 13.8. The van der Waals surface area contributed by atoms with Crippen molar-refractivity contribution in [2.45, 2.75) is 19.8 Å². The molecule has 1 aliphatic rings. The summed E-state index contributed by atoms with van der Waals surface area (Å²) in [6, 6.07) is 11.9. The molecule has 2 aromatic rings. The highest BCUT2D eigenvalue weighted by atomic mass is 35.5. The number of hydrogen-bond donors (Lipinski definition) is 1. The van der Waals surface area contributed by atoms with Gasteiger partial charge in [0.15, 0.2) is 0 Å². The highest BCUT2D eigenvalue weighted by Gasteiger charge is 2.20. The molecule has 9 heteroatoms. The maximum Gasteiger partial charge on any atom is 0.288 e. The summed E-state index contributed by atoms with van der Waals surface area (Å²) in [6.07, 6.45) is 4.26. The van der Waals surface area contributed by atoms with Crippen LogP contribution in [0.5, 0.6) is 0 Å². The Morgan fingerprint density at radius 3 is 2.44 bits per heavy atom. The van der Waals surface area contributed by atoms with Gasteiger partial charge in [0.25, 0.3) is 5.69 Å². The van der Waals surface area contributed by atoms with E-state index in [0.29, 0.717) is 30.8 Å². The van der Waals surface area contributed by atoms with Crippen LogP contribution in [0.1, 0.15) is 25.3 Å². The monoisotopic (exact) mass is 456 g/mol. The van der Waals surface area contributed by atoms with Gasteiger partial charge in [-0.15, -0.1) is 0 Å². The fraction of sp³-hybridized carbons (Fsp3) is 0.304. The van der Waals surface area contributed by atoms with Crippen molar-refractivity contribution in [2.24, 2.45) is 0 Å². The van der Waals surface area contributed by atoms with Crippen molar-refractivity contribution in [3.8, 4) is 0 Å². The highest BCUT2D eigenvalue weighted by molar-refractivity contribution is 6.32. The summed E-state index contributed by atoms with van der Waals surface area (Å²) < 4.78 is 0. The molecule has 2 amide bonds. The molecule has 1 N–H and O–H groups in total. The van der Waals surface area contributed by atoms with Crippen LogP contribution in [0.3, 0.4) is 0 Å². The molecule has 8 nitrogen and oxygen atoms in total. The summed E-state index contributed by atoms with van der Waals surface area (Å²) >= 11 is 5.80. The van der Waals surface area contributed by atoms with E-state index in [1.54, 1.807) is 6.07 Å². The lowest BCUT2D eigenvalue weighted by Gasteiger charge is -2.36. The number of rotatable bonds is 7. The molecule has 168 valence electrons. The second kappa shape index (κ2) is 10.8. The number of piperazine rings is 1. The molecule has 1 fully saturated rings. The molecular weight excluding hydrogens is 432 g/mol. The molecule has 2 aromatic carbocycles. The fourth-order valence-electron chi connectivity index (χ4n) is 3.47. The van der Waals surface area contributed by atoms with E-state index in [1.165, 1.54) is 24.3 Å². The van der Waals surface area contributed by atoms with E-state index in [1.807, 2.05) is 36.1 Å². The standard InChI is InChI=1S/C23H25ClN4O4/c1-2-3-23(30)27-14-12-26(13-15-27)19-8-6-18(7-9-19)25-22(29)11-5-17-4-10-20(24)21(16-17)28(31)32/h4-11,16H,2-3,12-15H2,1H3,(H,25,29)/b11-5+. The summed E-state index contributed by atoms with van der Waals surface area (Å²) in [5.41, 5.74) is 1.97. The van der Waals surface area contributed by atoms with Gasteiger partial charge < -0.3 is 15.1 Å². The lowest BCUT2D eigenvalue weighted by Crippen LogP contribution is -2.48. The van der Waals surface area contributed by atoms with Gasteiger partial charge in [-0.05, 0) is 48.4 Å². The van der Waals surface area contributed by atoms with Crippen molar-refractivity contribution in [1.82, 2.24) is 4.90 Å². The SMILES string of the molecule is CCCC(=O)N1CCN(c2ccc(NC(=O)/C=C/c3ccc(Cl)c([N+](=O)[O-])c3)cc2)CC1. The number of amides is 2. The maximum absolute atomic E-state index is 12.2. The predicted octanol–water partition coefficient (Wildman–Crippen LogP) is 4.35. The molecule has 0 radical (unpaired) electrons. The van der Waals surface area contributed by atoms with Gasteiger partial charge in [0.2, 0.25) is 11.8 Å². The summed E-state index contributed by atoms with van der Waals surface area (Å²) in [7, 11) is 0. The smallest absolute Gasteiger partial charge is 0.288 e. The molecule has 0 aliphatic carbocycles. The number of carbonyl (C=O) groups excluding carboxylic acids is 2. The Labute approximate surface area is 191 Å². The summed E-state index contributed by atoms with van der Waals surface area (Å²) in [6.45, 7) is 4.98. The number of benzene rings is 2. The van der Waals surface area contributed by atoms with Crippen LogP contribution in [0.15, 0.2) is 48.5 Å². The van der Waals surface area contributed by atoms with Crippen LogP contribution < -0.4 is 10.2 Å². The van der Waals surface area contributed by atoms with Crippen molar-refractivity contribution >= 4 is 46.6 Å². The van der Waals surface area contributed by atoms with Crippen LogP contribution in [0.4, 0.5) is 17.1 Å². The topological polar surface area (TPSA) is 95.8 Å². The molecule has 1 aliphatic heterocycles. The first-order valence-corrected chi connectivity index (χ1v) is 10.8. The second-order valence-electron chi connectivity index (χ2n) is 7.46. The number of nitro groups is 1. The van der Waals surface area contributed by atoms with Crippen molar-refractivity contribution in [1.29, 1.82) is 0 Å². The number of halogens is 1. The van der Waals surface area contributed by atoms with Crippen molar-refractivity contribution in [3.05, 3.63) is 69.2 Å². The van der Waals surface area contributed by atoms with Gasteiger partial charge in [0.05, 0.1) is 4.92 Å². The Balaban J connectivity index is 1.54. The quantitative estimate of drug-likeness (QED) is 0.379. The lowest BCUT2D eigenvalue weighted by atomic mass is 10.2. The zero-order valence-corrected chi connectivity index (χ0v) is 18.5. The van der Waals surface area contributed by atoms with E-state index >= 15 is 0 Å². The molecule has 0 unspecified atom stereocenters. The Bertz CT molecular complexity index is 1020. The maximum atomic E-state index is 12.2. The van der Waals surface area contributed by atoms with E-state index in [2.05, 4.69) is 10.2 Å². The van der Waals surface area contributed by atoms with Crippen LogP contribution in [0.2, 0.25) is 5.02 Å². The van der Waals surface area contributed by atoms with Gasteiger partial charge in [-0.1, -0.05) is 24.6 Å². The van der Waals surface area contributed by atoms with Crippen LogP contribution >= 0.6 is 11.6 Å². The van der Waals surface area contributed by atoms with Crippen molar-refractivity contribution in [3.63, 3.8) is 0 Å². The largest absolute Gasteiger partial charge is 0.368 e. The third-order valence-electron chi connectivity index (χ3n) is 5.19. The first kappa shape index (κ1) is 23.3. The molecule has 0 aromatic heterocycles. The molecular formula is C23H25ClN4O4. The van der Waals surface area contributed by atoms with E-state index in [0.717, 1.165) is 25.2 Å². The Morgan fingerprint density at radius 2 is 1.81 bits per heavy atom. The zero-order valence-electron chi connectivity index (χ0n) is 17.8. The number of nitrogens with one attached hydrogen (secondary N) is 1. The van der Waals surface area contributed by atoms with Gasteiger partial charge in [-0.25, -0.2) is 0 Å². The van der Waals surface area contributed by atoms with E-state index < -0.39 is 4.92 Å². The third kappa shape index (κ3) is 6.07. The molecule has 0 saturated carbocycles. The Hall–Kier alpha value is -3.39. The number of nitro benzene ring substituents is 1. The molecule has 0 atom stereocenters. The van der Waals surface area contributed by atoms with Gasteiger partial charge >= 0.3 is 0 Å². The highest BCUT2D eigenvalue weighted by Crippen LogP contribution is 2.25. The normalized spacial score (nSPS) is 13.9. The molecule has 1 saturated heterocycles. The minimum atomic E-state index is -0.565. The van der Waals surface area contributed by atoms with Crippen LogP contribution in [-0.4, -0.2) is 47.8 Å². The Morgan fingerprint density at radius 1 is 1.12 bits per heavy atom. The molecule has 3 rings (SSSR count). The number of carbonyl (C=O) groups is 2. The predicted molar refractivity (Wildman–Crippen MR) is 126 cm³/mol. The van der Waals surface area contributed by atoms with Crippen molar-refractivity contribution < 1.29 is 14.5 Å².